The van der Waals surface area contributed by atoms with E-state index in [1.54, 1.807) is 12.3 Å². The molecule has 0 spiro atoms. The van der Waals surface area contributed by atoms with E-state index >= 15 is 0 Å². The quantitative estimate of drug-likeness (QED) is 0.606. The number of sulfonamides is 1. The molecule has 9 heteroatoms. The van der Waals surface area contributed by atoms with Crippen molar-refractivity contribution in [1.29, 1.82) is 0 Å². The van der Waals surface area contributed by atoms with E-state index in [1.807, 2.05) is 31.2 Å². The summed E-state index contributed by atoms with van der Waals surface area (Å²) in [5.74, 6) is -0.550. The van der Waals surface area contributed by atoms with Crippen LogP contribution in [0.25, 0.3) is 11.3 Å². The molecule has 3 aromatic rings. The van der Waals surface area contributed by atoms with E-state index in [-0.39, 0.29) is 34.7 Å². The monoisotopic (exact) mass is 441 g/mol. The summed E-state index contributed by atoms with van der Waals surface area (Å²) in [5.41, 5.74) is 3.67. The molecular formula is C21H19N3O4S2. The number of rotatable bonds is 5. The third-order valence-corrected chi connectivity index (χ3v) is 7.07. The topological polar surface area (TPSA) is 96.4 Å². The highest BCUT2D eigenvalue weighted by molar-refractivity contribution is 7.93. The van der Waals surface area contributed by atoms with Gasteiger partial charge in [-0.2, -0.15) is 0 Å². The molecule has 2 aromatic carbocycles. The number of amides is 2. The smallest absolute Gasteiger partial charge is 0.263 e. The molecule has 0 radical (unpaired) electrons. The van der Waals surface area contributed by atoms with Gasteiger partial charge in [0.1, 0.15) is 0 Å². The largest absolute Gasteiger partial charge is 0.274 e. The van der Waals surface area contributed by atoms with Crippen LogP contribution in [0.2, 0.25) is 0 Å². The molecule has 1 aromatic heterocycles. The number of hydrogen-bond donors (Lipinski definition) is 1. The Labute approximate surface area is 178 Å². The van der Waals surface area contributed by atoms with Crippen LogP contribution in [0.5, 0.6) is 0 Å². The Morgan fingerprint density at radius 1 is 1.00 bits per heavy atom. The van der Waals surface area contributed by atoms with Crippen molar-refractivity contribution in [2.45, 2.75) is 31.6 Å². The Morgan fingerprint density at radius 2 is 1.67 bits per heavy atom. The highest BCUT2D eigenvalue weighted by Crippen LogP contribution is 2.30. The van der Waals surface area contributed by atoms with E-state index in [2.05, 4.69) is 9.71 Å². The van der Waals surface area contributed by atoms with E-state index in [1.165, 1.54) is 29.5 Å². The van der Waals surface area contributed by atoms with E-state index < -0.39 is 10.0 Å². The third-order valence-electron chi connectivity index (χ3n) is 4.84. The lowest BCUT2D eigenvalue weighted by atomic mass is 10.1. The average Bonchev–Trinajstić information content (AvgIpc) is 3.29. The van der Waals surface area contributed by atoms with Crippen LogP contribution in [0.3, 0.4) is 0 Å². The number of benzene rings is 2. The minimum Gasteiger partial charge on any atom is -0.274 e. The van der Waals surface area contributed by atoms with Crippen LogP contribution in [-0.4, -0.2) is 25.2 Å². The first-order valence-corrected chi connectivity index (χ1v) is 11.6. The summed E-state index contributed by atoms with van der Waals surface area (Å²) in [6, 6.07) is 12.1. The van der Waals surface area contributed by atoms with Gasteiger partial charge in [-0.1, -0.05) is 29.8 Å². The standard InChI is InChI=1S/C21H19N3O4S2/c1-13-3-5-15(6-4-13)17-12-29-21(22-17)23-30(27,28)16-7-8-18(14(2)11-16)24-19(25)9-10-20(24)26/h3-8,11-12H,9-10H2,1-2H3,(H,22,23). The first kappa shape index (κ1) is 20.2. The van der Waals surface area contributed by atoms with Crippen molar-refractivity contribution >= 4 is 44.0 Å². The van der Waals surface area contributed by atoms with Gasteiger partial charge in [0.25, 0.3) is 10.0 Å². The number of imide groups is 1. The molecular weight excluding hydrogens is 422 g/mol. The number of nitrogens with zero attached hydrogens (tertiary/aromatic N) is 2. The van der Waals surface area contributed by atoms with E-state index in [0.29, 0.717) is 16.9 Å². The minimum absolute atomic E-state index is 0.0370. The zero-order valence-electron chi connectivity index (χ0n) is 16.4. The SMILES string of the molecule is Cc1ccc(-c2csc(NS(=O)(=O)c3ccc(N4C(=O)CCC4=O)c(C)c3)n2)cc1. The van der Waals surface area contributed by atoms with E-state index in [9.17, 15) is 18.0 Å². The summed E-state index contributed by atoms with van der Waals surface area (Å²) in [4.78, 5) is 29.5. The molecule has 0 aliphatic carbocycles. The molecule has 7 nitrogen and oxygen atoms in total. The molecule has 0 unspecified atom stereocenters. The van der Waals surface area contributed by atoms with Crippen molar-refractivity contribution in [3.8, 4) is 11.3 Å². The van der Waals surface area contributed by atoms with Crippen molar-refractivity contribution in [2.24, 2.45) is 0 Å². The lowest BCUT2D eigenvalue weighted by Crippen LogP contribution is -2.29. The fourth-order valence-corrected chi connectivity index (χ4v) is 5.30. The summed E-state index contributed by atoms with van der Waals surface area (Å²) in [6.45, 7) is 3.67. The zero-order chi connectivity index (χ0) is 21.5. The van der Waals surface area contributed by atoms with Crippen LogP contribution in [0.15, 0.2) is 52.7 Å². The number of thiazole rings is 1. The van der Waals surface area contributed by atoms with Gasteiger partial charge in [0.05, 0.1) is 16.3 Å². The fourth-order valence-electron chi connectivity index (χ4n) is 3.24. The van der Waals surface area contributed by atoms with Crippen molar-refractivity contribution in [1.82, 2.24) is 4.98 Å². The molecule has 1 aliphatic heterocycles. The van der Waals surface area contributed by atoms with Crippen molar-refractivity contribution in [2.75, 3.05) is 9.62 Å². The molecule has 0 atom stereocenters. The number of anilines is 2. The summed E-state index contributed by atoms with van der Waals surface area (Å²) < 4.78 is 28.1. The number of carbonyl (C=O) groups excluding carboxylic acids is 2. The first-order valence-electron chi connectivity index (χ1n) is 9.26. The van der Waals surface area contributed by atoms with Gasteiger partial charge in [0.2, 0.25) is 11.8 Å². The van der Waals surface area contributed by atoms with Gasteiger partial charge in [-0.05, 0) is 37.6 Å². The van der Waals surface area contributed by atoms with Crippen LogP contribution in [0.4, 0.5) is 10.8 Å². The number of nitrogens with one attached hydrogen (secondary N) is 1. The van der Waals surface area contributed by atoms with E-state index in [4.69, 9.17) is 0 Å². The van der Waals surface area contributed by atoms with Gasteiger partial charge in [-0.25, -0.2) is 13.4 Å². The Balaban J connectivity index is 1.57. The molecule has 1 N–H and O–H groups in total. The molecule has 154 valence electrons. The minimum atomic E-state index is -3.87. The molecule has 30 heavy (non-hydrogen) atoms. The Kier molecular flexibility index (Phi) is 5.17. The molecule has 1 aliphatic rings. The van der Waals surface area contributed by atoms with Crippen molar-refractivity contribution in [3.63, 3.8) is 0 Å². The van der Waals surface area contributed by atoms with Gasteiger partial charge in [-0.15, -0.1) is 11.3 Å². The van der Waals surface area contributed by atoms with Crippen LogP contribution in [-0.2, 0) is 19.6 Å². The second kappa shape index (κ2) is 7.66. The van der Waals surface area contributed by atoms with Crippen LogP contribution in [0.1, 0.15) is 24.0 Å². The second-order valence-corrected chi connectivity index (χ2v) is 9.62. The molecule has 0 saturated carbocycles. The van der Waals surface area contributed by atoms with Crippen LogP contribution >= 0.6 is 11.3 Å². The molecule has 2 heterocycles. The average molecular weight is 442 g/mol. The number of carbonyl (C=O) groups is 2. The molecule has 2 amide bonds. The van der Waals surface area contributed by atoms with Crippen LogP contribution < -0.4 is 9.62 Å². The maximum absolute atomic E-state index is 12.8. The molecule has 4 rings (SSSR count). The summed E-state index contributed by atoms with van der Waals surface area (Å²) in [5, 5.41) is 2.05. The maximum atomic E-state index is 12.8. The summed E-state index contributed by atoms with van der Waals surface area (Å²) in [6.07, 6.45) is 0.348. The van der Waals surface area contributed by atoms with Gasteiger partial charge in [0.15, 0.2) is 5.13 Å². The van der Waals surface area contributed by atoms with E-state index in [0.717, 1.165) is 16.0 Å². The molecule has 1 fully saturated rings. The Hall–Kier alpha value is -3.04. The third kappa shape index (κ3) is 3.86. The highest BCUT2D eigenvalue weighted by Gasteiger charge is 2.31. The number of hydrogen-bond acceptors (Lipinski definition) is 6. The zero-order valence-corrected chi connectivity index (χ0v) is 18.0. The lowest BCUT2D eigenvalue weighted by Gasteiger charge is -2.17. The Bertz CT molecular complexity index is 1230. The summed E-state index contributed by atoms with van der Waals surface area (Å²) >= 11 is 1.20. The summed E-state index contributed by atoms with van der Waals surface area (Å²) in [7, 11) is -3.87. The van der Waals surface area contributed by atoms with Gasteiger partial charge in [0, 0.05) is 23.8 Å². The lowest BCUT2D eigenvalue weighted by molar-refractivity contribution is -0.121. The second-order valence-electron chi connectivity index (χ2n) is 7.08. The predicted molar refractivity (Wildman–Crippen MR) is 116 cm³/mol. The predicted octanol–water partition coefficient (Wildman–Crippen LogP) is 3.88. The Morgan fingerprint density at radius 3 is 2.30 bits per heavy atom. The van der Waals surface area contributed by atoms with Gasteiger partial charge >= 0.3 is 0 Å². The van der Waals surface area contributed by atoms with Gasteiger partial charge < -0.3 is 0 Å². The first-order chi connectivity index (χ1) is 14.2. The normalized spacial score (nSPS) is 14.4. The highest BCUT2D eigenvalue weighted by atomic mass is 32.2. The molecule has 0 bridgehead atoms. The molecule has 1 saturated heterocycles. The maximum Gasteiger partial charge on any atom is 0.263 e. The van der Waals surface area contributed by atoms with Gasteiger partial charge in [-0.3, -0.25) is 19.2 Å². The number of aromatic nitrogens is 1. The fraction of sp³-hybridized carbons (Fsp3) is 0.190. The van der Waals surface area contributed by atoms with Crippen molar-refractivity contribution in [3.05, 3.63) is 59.0 Å². The van der Waals surface area contributed by atoms with Crippen LogP contribution in [0, 0.1) is 13.8 Å². The van der Waals surface area contributed by atoms with Crippen molar-refractivity contribution < 1.29 is 18.0 Å². The number of aryl methyl sites for hydroxylation is 2.